The molecule has 0 saturated carbocycles. The summed E-state index contributed by atoms with van der Waals surface area (Å²) < 4.78 is 26.0. The number of anilines is 1. The highest BCUT2D eigenvalue weighted by atomic mass is 19.1. The fourth-order valence-electron chi connectivity index (χ4n) is 1.04. The molecular weight excluding hydrogens is 184 g/mol. The zero-order valence-electron chi connectivity index (χ0n) is 7.90. The number of hydrogen-bond donors (Lipinski definition) is 1. The Morgan fingerprint density at radius 2 is 1.93 bits per heavy atom. The number of nitrogens with one attached hydrogen (secondary N) is 1. The van der Waals surface area contributed by atoms with Crippen LogP contribution in [-0.2, 0) is 0 Å². The Morgan fingerprint density at radius 1 is 1.29 bits per heavy atom. The summed E-state index contributed by atoms with van der Waals surface area (Å²) in [5, 5.41) is 2.66. The zero-order valence-corrected chi connectivity index (χ0v) is 7.90. The normalized spacial score (nSPS) is 9.07. The van der Waals surface area contributed by atoms with Crippen LogP contribution in [0.5, 0.6) is 0 Å². The Kier molecular flexibility index (Phi) is 3.93. The van der Waals surface area contributed by atoms with Crippen molar-refractivity contribution in [2.24, 2.45) is 0 Å². The highest BCUT2D eigenvalue weighted by Gasteiger charge is 2.05. The monoisotopic (exact) mass is 195 g/mol. The van der Waals surface area contributed by atoms with Gasteiger partial charge in [-0.2, -0.15) is 0 Å². The summed E-state index contributed by atoms with van der Waals surface area (Å²) in [6, 6.07) is 3.77. The molecule has 1 N–H and O–H groups in total. The summed E-state index contributed by atoms with van der Waals surface area (Å²) in [7, 11) is 0. The fraction of sp³-hybridized carbons (Fsp3) is 0.273. The van der Waals surface area contributed by atoms with E-state index in [0.717, 1.165) is 0 Å². The van der Waals surface area contributed by atoms with Gasteiger partial charge in [-0.05, 0) is 19.1 Å². The first-order chi connectivity index (χ1) is 6.75. The Hall–Kier alpha value is -1.56. The molecule has 14 heavy (non-hydrogen) atoms. The molecule has 0 heterocycles. The third-order valence-electron chi connectivity index (χ3n) is 1.69. The van der Waals surface area contributed by atoms with Crippen molar-refractivity contribution >= 4 is 5.69 Å². The van der Waals surface area contributed by atoms with E-state index in [0.29, 0.717) is 13.0 Å². The van der Waals surface area contributed by atoms with E-state index in [1.807, 2.05) is 0 Å². The molecule has 0 aliphatic heterocycles. The lowest BCUT2D eigenvalue weighted by molar-refractivity contribution is 0.588. The lowest BCUT2D eigenvalue weighted by Gasteiger charge is -2.06. The maximum absolute atomic E-state index is 13.0. The Morgan fingerprint density at radius 3 is 2.50 bits per heavy atom. The molecule has 0 bridgehead atoms. The summed E-state index contributed by atoms with van der Waals surface area (Å²) in [5.74, 6) is 4.36. The van der Waals surface area contributed by atoms with E-state index in [1.165, 1.54) is 18.2 Å². The van der Waals surface area contributed by atoms with Crippen LogP contribution in [-0.4, -0.2) is 6.54 Å². The summed E-state index contributed by atoms with van der Waals surface area (Å²) in [5.41, 5.74) is -0.0783. The van der Waals surface area contributed by atoms with Crippen molar-refractivity contribution in [2.45, 2.75) is 13.3 Å². The van der Waals surface area contributed by atoms with Gasteiger partial charge in [0.2, 0.25) is 0 Å². The Labute approximate surface area is 82.1 Å². The molecule has 0 saturated heterocycles. The SMILES string of the molecule is CC#CCCNc1c(F)cccc1F. The summed E-state index contributed by atoms with van der Waals surface area (Å²) >= 11 is 0. The molecule has 0 amide bonds. The van der Waals surface area contributed by atoms with E-state index in [9.17, 15) is 8.78 Å². The predicted octanol–water partition coefficient (Wildman–Crippen LogP) is 2.79. The minimum absolute atomic E-state index is 0.0783. The summed E-state index contributed by atoms with van der Waals surface area (Å²) in [6.45, 7) is 2.17. The largest absolute Gasteiger partial charge is 0.379 e. The number of halogens is 2. The minimum atomic E-state index is -0.575. The van der Waals surface area contributed by atoms with E-state index in [-0.39, 0.29) is 5.69 Å². The van der Waals surface area contributed by atoms with Crippen LogP contribution in [0.1, 0.15) is 13.3 Å². The summed E-state index contributed by atoms with van der Waals surface area (Å²) in [6.07, 6.45) is 0.574. The third kappa shape index (κ3) is 2.74. The molecule has 1 aromatic rings. The number of rotatable bonds is 3. The molecule has 0 radical (unpaired) electrons. The fourth-order valence-corrected chi connectivity index (χ4v) is 1.04. The highest BCUT2D eigenvalue weighted by molar-refractivity contribution is 5.46. The van der Waals surface area contributed by atoms with Crippen molar-refractivity contribution in [3.05, 3.63) is 29.8 Å². The second kappa shape index (κ2) is 5.23. The quantitative estimate of drug-likeness (QED) is 0.577. The maximum Gasteiger partial charge on any atom is 0.149 e. The van der Waals surface area contributed by atoms with Crippen molar-refractivity contribution in [3.8, 4) is 11.8 Å². The van der Waals surface area contributed by atoms with Crippen molar-refractivity contribution in [1.29, 1.82) is 0 Å². The molecule has 0 aromatic heterocycles. The van der Waals surface area contributed by atoms with Crippen LogP contribution in [0.4, 0.5) is 14.5 Å². The molecular formula is C11H11F2N. The first-order valence-electron chi connectivity index (χ1n) is 4.33. The van der Waals surface area contributed by atoms with Crippen molar-refractivity contribution in [3.63, 3.8) is 0 Å². The van der Waals surface area contributed by atoms with Crippen molar-refractivity contribution in [1.82, 2.24) is 0 Å². The lowest BCUT2D eigenvalue weighted by atomic mass is 10.3. The van der Waals surface area contributed by atoms with Gasteiger partial charge in [-0.3, -0.25) is 0 Å². The predicted molar refractivity (Wildman–Crippen MR) is 52.9 cm³/mol. The molecule has 0 atom stereocenters. The molecule has 0 unspecified atom stereocenters. The lowest BCUT2D eigenvalue weighted by Crippen LogP contribution is -2.04. The van der Waals surface area contributed by atoms with Gasteiger partial charge in [0.05, 0.1) is 0 Å². The molecule has 74 valence electrons. The standard InChI is InChI=1S/C11H11F2N/c1-2-3-4-8-14-11-9(12)6-5-7-10(11)13/h5-7,14H,4,8H2,1H3. The average Bonchev–Trinajstić information content (AvgIpc) is 2.16. The van der Waals surface area contributed by atoms with Gasteiger partial charge in [0.1, 0.15) is 17.3 Å². The molecule has 0 fully saturated rings. The highest BCUT2D eigenvalue weighted by Crippen LogP contribution is 2.17. The zero-order chi connectivity index (χ0) is 10.4. The number of hydrogen-bond acceptors (Lipinski definition) is 1. The second-order valence-corrected chi connectivity index (χ2v) is 2.70. The van der Waals surface area contributed by atoms with Gasteiger partial charge in [0.15, 0.2) is 0 Å². The summed E-state index contributed by atoms with van der Waals surface area (Å²) in [4.78, 5) is 0. The van der Waals surface area contributed by atoms with E-state index in [4.69, 9.17) is 0 Å². The van der Waals surface area contributed by atoms with Gasteiger partial charge in [0.25, 0.3) is 0 Å². The first-order valence-corrected chi connectivity index (χ1v) is 4.33. The minimum Gasteiger partial charge on any atom is -0.379 e. The first kappa shape index (κ1) is 10.5. The Bertz CT molecular complexity index is 343. The van der Waals surface area contributed by atoms with Gasteiger partial charge in [-0.15, -0.1) is 11.8 Å². The molecule has 1 nitrogen and oxygen atoms in total. The van der Waals surface area contributed by atoms with E-state index < -0.39 is 11.6 Å². The molecule has 0 aliphatic rings. The maximum atomic E-state index is 13.0. The van der Waals surface area contributed by atoms with Crippen LogP contribution in [0.3, 0.4) is 0 Å². The van der Waals surface area contributed by atoms with Gasteiger partial charge in [-0.25, -0.2) is 8.78 Å². The van der Waals surface area contributed by atoms with Crippen LogP contribution in [0.15, 0.2) is 18.2 Å². The van der Waals surface area contributed by atoms with Crippen LogP contribution < -0.4 is 5.32 Å². The van der Waals surface area contributed by atoms with E-state index in [1.54, 1.807) is 6.92 Å². The van der Waals surface area contributed by atoms with E-state index in [2.05, 4.69) is 17.2 Å². The van der Waals surface area contributed by atoms with Gasteiger partial charge in [0, 0.05) is 13.0 Å². The number of para-hydroxylation sites is 1. The topological polar surface area (TPSA) is 12.0 Å². The van der Waals surface area contributed by atoms with Gasteiger partial charge in [-0.1, -0.05) is 6.07 Å². The van der Waals surface area contributed by atoms with Crippen LogP contribution >= 0.6 is 0 Å². The van der Waals surface area contributed by atoms with Gasteiger partial charge < -0.3 is 5.32 Å². The average molecular weight is 195 g/mol. The second-order valence-electron chi connectivity index (χ2n) is 2.70. The smallest absolute Gasteiger partial charge is 0.149 e. The van der Waals surface area contributed by atoms with Crippen LogP contribution in [0.25, 0.3) is 0 Å². The Balaban J connectivity index is 2.60. The van der Waals surface area contributed by atoms with Gasteiger partial charge >= 0.3 is 0 Å². The molecule has 1 rings (SSSR count). The molecule has 0 aliphatic carbocycles. The number of benzene rings is 1. The van der Waals surface area contributed by atoms with Crippen molar-refractivity contribution in [2.75, 3.05) is 11.9 Å². The molecule has 1 aromatic carbocycles. The molecule has 0 spiro atoms. The van der Waals surface area contributed by atoms with Crippen LogP contribution in [0, 0.1) is 23.5 Å². The third-order valence-corrected chi connectivity index (χ3v) is 1.69. The van der Waals surface area contributed by atoms with E-state index >= 15 is 0 Å². The molecule has 3 heteroatoms. The van der Waals surface area contributed by atoms with Crippen molar-refractivity contribution < 1.29 is 8.78 Å². The van der Waals surface area contributed by atoms with Crippen LogP contribution in [0.2, 0.25) is 0 Å².